The van der Waals surface area contributed by atoms with Crippen LogP contribution in [0.1, 0.15) is 13.3 Å². The Hall–Kier alpha value is -0.480. The lowest BCUT2D eigenvalue weighted by atomic mass is 10.2. The molecule has 1 rings (SSSR count). The maximum absolute atomic E-state index is 10.6. The van der Waals surface area contributed by atoms with E-state index in [1.54, 1.807) is 0 Å². The number of hydrogen-bond donors (Lipinski definition) is 2. The quantitative estimate of drug-likeness (QED) is 0.683. The molecular formula is C7H15ClN2O2. The summed E-state index contributed by atoms with van der Waals surface area (Å²) in [5.41, 5.74) is 0. The van der Waals surface area contributed by atoms with Gasteiger partial charge in [-0.2, -0.15) is 0 Å². The molecule has 1 aliphatic heterocycles. The smallest absolute Gasteiger partial charge is 0.407 e. The maximum Gasteiger partial charge on any atom is 0.407 e. The number of halogens is 1. The van der Waals surface area contributed by atoms with Crippen molar-refractivity contribution in [2.75, 3.05) is 19.6 Å². The summed E-state index contributed by atoms with van der Waals surface area (Å²) in [6.07, 6.45) is 0.140. The van der Waals surface area contributed by atoms with Crippen LogP contribution < -0.4 is 5.32 Å². The third kappa shape index (κ3) is 2.53. The van der Waals surface area contributed by atoms with Crippen molar-refractivity contribution < 1.29 is 9.90 Å². The molecule has 0 saturated carbocycles. The van der Waals surface area contributed by atoms with Gasteiger partial charge >= 0.3 is 6.09 Å². The van der Waals surface area contributed by atoms with Gasteiger partial charge < -0.3 is 15.3 Å². The Morgan fingerprint density at radius 1 is 1.75 bits per heavy atom. The van der Waals surface area contributed by atoms with Gasteiger partial charge in [0.2, 0.25) is 0 Å². The molecule has 0 aromatic carbocycles. The van der Waals surface area contributed by atoms with Gasteiger partial charge in [0.15, 0.2) is 0 Å². The second kappa shape index (κ2) is 5.22. The molecule has 1 fully saturated rings. The molecule has 12 heavy (non-hydrogen) atoms. The molecule has 0 aromatic rings. The predicted molar refractivity (Wildman–Crippen MR) is 48.9 cm³/mol. The molecule has 1 saturated heterocycles. The fourth-order valence-corrected chi connectivity index (χ4v) is 1.46. The van der Waals surface area contributed by atoms with E-state index < -0.39 is 6.09 Å². The highest BCUT2D eigenvalue weighted by Gasteiger charge is 2.24. The Labute approximate surface area is 78.3 Å². The van der Waals surface area contributed by atoms with Crippen LogP contribution in [-0.4, -0.2) is 41.8 Å². The zero-order valence-corrected chi connectivity index (χ0v) is 7.93. The molecule has 0 unspecified atom stereocenters. The average Bonchev–Trinajstić information content (AvgIpc) is 2.40. The van der Waals surface area contributed by atoms with Gasteiger partial charge in [-0.1, -0.05) is 0 Å². The molecule has 5 heteroatoms. The van der Waals surface area contributed by atoms with Crippen LogP contribution in [0.25, 0.3) is 0 Å². The van der Waals surface area contributed by atoms with E-state index >= 15 is 0 Å². The van der Waals surface area contributed by atoms with Gasteiger partial charge in [-0.25, -0.2) is 4.79 Å². The minimum atomic E-state index is -0.804. The van der Waals surface area contributed by atoms with Gasteiger partial charge in [0.05, 0.1) is 0 Å². The molecule has 1 aliphatic rings. The third-order valence-electron chi connectivity index (χ3n) is 2.06. The van der Waals surface area contributed by atoms with Gasteiger partial charge in [0.25, 0.3) is 0 Å². The number of likely N-dealkylation sites (N-methyl/N-ethyl adjacent to an activating group) is 1. The van der Waals surface area contributed by atoms with E-state index in [0.717, 1.165) is 19.5 Å². The van der Waals surface area contributed by atoms with Crippen LogP contribution in [0.4, 0.5) is 4.79 Å². The Kier molecular flexibility index (Phi) is 5.01. The molecule has 0 aromatic heterocycles. The van der Waals surface area contributed by atoms with Crippen LogP contribution in [0.5, 0.6) is 0 Å². The van der Waals surface area contributed by atoms with Crippen molar-refractivity contribution in [3.05, 3.63) is 0 Å². The summed E-state index contributed by atoms with van der Waals surface area (Å²) in [4.78, 5) is 12.1. The minimum Gasteiger partial charge on any atom is -0.465 e. The van der Waals surface area contributed by atoms with Gasteiger partial charge in [-0.15, -0.1) is 12.4 Å². The highest BCUT2D eigenvalue weighted by Crippen LogP contribution is 2.07. The summed E-state index contributed by atoms with van der Waals surface area (Å²) < 4.78 is 0. The number of nitrogens with zero attached hydrogens (tertiary/aromatic N) is 1. The molecule has 1 atom stereocenters. The maximum atomic E-state index is 10.6. The highest BCUT2D eigenvalue weighted by atomic mass is 35.5. The Morgan fingerprint density at radius 2 is 2.42 bits per heavy atom. The van der Waals surface area contributed by atoms with E-state index in [9.17, 15) is 4.79 Å². The summed E-state index contributed by atoms with van der Waals surface area (Å²) in [5.74, 6) is 0. The van der Waals surface area contributed by atoms with Crippen LogP contribution in [-0.2, 0) is 0 Å². The van der Waals surface area contributed by atoms with Gasteiger partial charge in [-0.3, -0.25) is 0 Å². The van der Waals surface area contributed by atoms with E-state index in [1.165, 1.54) is 4.90 Å². The van der Waals surface area contributed by atoms with E-state index in [1.807, 2.05) is 6.92 Å². The van der Waals surface area contributed by atoms with Crippen molar-refractivity contribution in [3.63, 3.8) is 0 Å². The second-order valence-corrected chi connectivity index (χ2v) is 2.72. The number of amides is 1. The van der Waals surface area contributed by atoms with Gasteiger partial charge in [0, 0.05) is 19.1 Å². The first-order valence-corrected chi connectivity index (χ1v) is 3.96. The topological polar surface area (TPSA) is 52.6 Å². The average molecular weight is 195 g/mol. The third-order valence-corrected chi connectivity index (χ3v) is 2.06. The standard InChI is InChI=1S/C7H14N2O2.ClH/c1-2-9(7(10)11)6-3-4-8-5-6;/h6,8H,2-5H2,1H3,(H,10,11);1H/t6-;/m0./s1. The van der Waals surface area contributed by atoms with Crippen LogP contribution in [0.15, 0.2) is 0 Å². The van der Waals surface area contributed by atoms with E-state index in [2.05, 4.69) is 5.32 Å². The van der Waals surface area contributed by atoms with Crippen LogP contribution in [0, 0.1) is 0 Å². The van der Waals surface area contributed by atoms with Crippen molar-refractivity contribution in [2.24, 2.45) is 0 Å². The zero-order chi connectivity index (χ0) is 8.27. The van der Waals surface area contributed by atoms with E-state index in [0.29, 0.717) is 6.54 Å². The highest BCUT2D eigenvalue weighted by molar-refractivity contribution is 5.85. The first-order valence-electron chi connectivity index (χ1n) is 3.96. The normalized spacial score (nSPS) is 21.6. The largest absolute Gasteiger partial charge is 0.465 e. The number of carboxylic acid groups (broad SMARTS) is 1. The van der Waals surface area contributed by atoms with Crippen molar-refractivity contribution >= 4 is 18.5 Å². The number of nitrogens with one attached hydrogen (secondary N) is 1. The summed E-state index contributed by atoms with van der Waals surface area (Å²) in [7, 11) is 0. The molecular weight excluding hydrogens is 180 g/mol. The van der Waals surface area contributed by atoms with Crippen LogP contribution in [0.2, 0.25) is 0 Å². The summed E-state index contributed by atoms with van der Waals surface area (Å²) >= 11 is 0. The fraction of sp³-hybridized carbons (Fsp3) is 0.857. The lowest BCUT2D eigenvalue weighted by molar-refractivity contribution is 0.131. The molecule has 72 valence electrons. The molecule has 4 nitrogen and oxygen atoms in total. The lowest BCUT2D eigenvalue weighted by Crippen LogP contribution is -2.40. The van der Waals surface area contributed by atoms with Crippen LogP contribution >= 0.6 is 12.4 Å². The van der Waals surface area contributed by atoms with Crippen LogP contribution in [0.3, 0.4) is 0 Å². The second-order valence-electron chi connectivity index (χ2n) is 2.72. The molecule has 1 heterocycles. The van der Waals surface area contributed by atoms with Crippen molar-refractivity contribution in [2.45, 2.75) is 19.4 Å². The number of hydrogen-bond acceptors (Lipinski definition) is 2. The Bertz CT molecular complexity index is 148. The van der Waals surface area contributed by atoms with Gasteiger partial charge in [0.1, 0.15) is 0 Å². The molecule has 0 spiro atoms. The number of carbonyl (C=O) groups is 1. The van der Waals surface area contributed by atoms with Crippen molar-refractivity contribution in [1.82, 2.24) is 10.2 Å². The monoisotopic (exact) mass is 194 g/mol. The fourth-order valence-electron chi connectivity index (χ4n) is 1.46. The predicted octanol–water partition coefficient (Wildman–Crippen LogP) is 0.770. The zero-order valence-electron chi connectivity index (χ0n) is 7.12. The Morgan fingerprint density at radius 3 is 2.75 bits per heavy atom. The minimum absolute atomic E-state index is 0. The lowest BCUT2D eigenvalue weighted by Gasteiger charge is -2.23. The molecule has 0 bridgehead atoms. The van der Waals surface area contributed by atoms with Crippen molar-refractivity contribution in [1.29, 1.82) is 0 Å². The number of rotatable bonds is 2. The van der Waals surface area contributed by atoms with Crippen molar-refractivity contribution in [3.8, 4) is 0 Å². The Balaban J connectivity index is 0.00000121. The molecule has 2 N–H and O–H groups in total. The summed E-state index contributed by atoms with van der Waals surface area (Å²) in [5, 5.41) is 11.9. The molecule has 0 radical (unpaired) electrons. The van der Waals surface area contributed by atoms with E-state index in [-0.39, 0.29) is 18.4 Å². The molecule has 0 aliphatic carbocycles. The SMILES string of the molecule is CCN(C(=O)O)[C@H]1CCNC1.Cl. The molecule has 1 amide bonds. The first-order chi connectivity index (χ1) is 5.25. The summed E-state index contributed by atoms with van der Waals surface area (Å²) in [6, 6.07) is 0.192. The summed E-state index contributed by atoms with van der Waals surface area (Å²) in [6.45, 7) is 4.20. The van der Waals surface area contributed by atoms with E-state index in [4.69, 9.17) is 5.11 Å². The first kappa shape index (κ1) is 11.5. The van der Waals surface area contributed by atoms with Gasteiger partial charge in [-0.05, 0) is 19.9 Å².